The Morgan fingerprint density at radius 1 is 1.46 bits per heavy atom. The zero-order valence-corrected chi connectivity index (χ0v) is 14.2. The highest BCUT2D eigenvalue weighted by molar-refractivity contribution is 5.91. The normalized spacial score (nSPS) is 14.4. The van der Waals surface area contributed by atoms with Gasteiger partial charge in [0.15, 0.2) is 6.10 Å². The lowest BCUT2D eigenvalue weighted by atomic mass is 9.90. The van der Waals surface area contributed by atoms with Crippen molar-refractivity contribution in [1.82, 2.24) is 9.88 Å². The first-order chi connectivity index (χ1) is 11.0. The van der Waals surface area contributed by atoms with Gasteiger partial charge < -0.3 is 14.6 Å². The smallest absolute Gasteiger partial charge is 0.355 e. The molecule has 0 aliphatic rings. The number of rotatable bonds is 6. The number of nitriles is 1. The molecule has 0 spiro atoms. The molecular formula is C15H20N4O5. The molecule has 2 unspecified atom stereocenters. The van der Waals surface area contributed by atoms with E-state index in [1.54, 1.807) is 20.8 Å². The number of nitrogens with one attached hydrogen (secondary N) is 1. The Morgan fingerprint density at radius 3 is 2.46 bits per heavy atom. The molecule has 0 aliphatic heterocycles. The van der Waals surface area contributed by atoms with Crippen LogP contribution >= 0.6 is 0 Å². The number of amides is 1. The van der Waals surface area contributed by atoms with Crippen molar-refractivity contribution in [1.29, 1.82) is 5.26 Å². The van der Waals surface area contributed by atoms with Crippen LogP contribution in [0.5, 0.6) is 0 Å². The van der Waals surface area contributed by atoms with Crippen molar-refractivity contribution >= 4 is 17.6 Å². The summed E-state index contributed by atoms with van der Waals surface area (Å²) in [4.78, 5) is 34.3. The number of hydrogen-bond acceptors (Lipinski definition) is 6. The summed E-state index contributed by atoms with van der Waals surface area (Å²) in [5, 5.41) is 22.5. The number of nitro groups is 1. The Hall–Kier alpha value is -2.89. The molecule has 1 amide bonds. The molecule has 1 N–H and O–H groups in total. The number of carbonyl (C=O) groups excluding carboxylic acids is 2. The second kappa shape index (κ2) is 7.12. The molecule has 0 saturated carbocycles. The lowest BCUT2D eigenvalue weighted by molar-refractivity contribution is -0.384. The van der Waals surface area contributed by atoms with Crippen molar-refractivity contribution in [3.05, 3.63) is 28.1 Å². The molecule has 0 aromatic carbocycles. The third kappa shape index (κ3) is 4.10. The number of nitrogens with zero attached hydrogens (tertiary/aromatic N) is 3. The summed E-state index contributed by atoms with van der Waals surface area (Å²) >= 11 is 0. The molecular weight excluding hydrogens is 316 g/mol. The Bertz CT molecular complexity index is 703. The van der Waals surface area contributed by atoms with Crippen LogP contribution in [0.2, 0.25) is 0 Å². The lowest BCUT2D eigenvalue weighted by Crippen LogP contribution is -2.52. The molecule has 1 aromatic rings. The molecule has 0 bridgehead atoms. The van der Waals surface area contributed by atoms with Crippen LogP contribution in [0.1, 0.15) is 38.2 Å². The number of carbonyl (C=O) groups is 2. The fourth-order valence-electron chi connectivity index (χ4n) is 1.78. The van der Waals surface area contributed by atoms with Crippen LogP contribution < -0.4 is 5.32 Å². The van der Waals surface area contributed by atoms with Crippen LogP contribution in [0.25, 0.3) is 0 Å². The largest absolute Gasteiger partial charge is 0.448 e. The maximum absolute atomic E-state index is 12.1. The monoisotopic (exact) mass is 336 g/mol. The highest BCUT2D eigenvalue weighted by Crippen LogP contribution is 2.18. The van der Waals surface area contributed by atoms with E-state index in [0.717, 1.165) is 6.07 Å². The van der Waals surface area contributed by atoms with Gasteiger partial charge in [-0.3, -0.25) is 14.9 Å². The molecule has 0 fully saturated rings. The molecule has 1 aromatic heterocycles. The van der Waals surface area contributed by atoms with E-state index in [0.29, 0.717) is 0 Å². The van der Waals surface area contributed by atoms with Crippen molar-refractivity contribution in [2.24, 2.45) is 13.0 Å². The van der Waals surface area contributed by atoms with E-state index in [-0.39, 0.29) is 17.3 Å². The minimum atomic E-state index is -1.15. The quantitative estimate of drug-likeness (QED) is 0.477. The molecule has 0 aliphatic carbocycles. The summed E-state index contributed by atoms with van der Waals surface area (Å²) in [6, 6.07) is 3.09. The van der Waals surface area contributed by atoms with Crippen LogP contribution in [0, 0.1) is 27.4 Å². The topological polar surface area (TPSA) is 127 Å². The maximum atomic E-state index is 12.1. The Balaban J connectivity index is 2.82. The second-order valence-corrected chi connectivity index (χ2v) is 5.96. The molecule has 9 nitrogen and oxygen atoms in total. The van der Waals surface area contributed by atoms with Gasteiger partial charge in [-0.15, -0.1) is 0 Å². The summed E-state index contributed by atoms with van der Waals surface area (Å²) in [7, 11) is 1.46. The SMILES string of the molecule is CC(OC(=O)c1cc([N+](=O)[O-])cn1C)C(=O)NC(C)(C#N)C(C)C. The van der Waals surface area contributed by atoms with Crippen LogP contribution in [-0.2, 0) is 16.6 Å². The van der Waals surface area contributed by atoms with Gasteiger partial charge in [0, 0.05) is 13.1 Å². The van der Waals surface area contributed by atoms with E-state index in [9.17, 15) is 25.0 Å². The number of hydrogen-bond donors (Lipinski definition) is 1. The zero-order valence-electron chi connectivity index (χ0n) is 14.2. The number of ether oxygens (including phenoxy) is 1. The first-order valence-corrected chi connectivity index (χ1v) is 7.26. The number of aryl methyl sites for hydroxylation is 1. The van der Waals surface area contributed by atoms with Crippen LogP contribution in [0.15, 0.2) is 12.3 Å². The summed E-state index contributed by atoms with van der Waals surface area (Å²) in [6.07, 6.45) is 0.0187. The first kappa shape index (κ1) is 19.2. The molecule has 1 heterocycles. The zero-order chi connectivity index (χ0) is 18.7. The fourth-order valence-corrected chi connectivity index (χ4v) is 1.78. The van der Waals surface area contributed by atoms with Crippen LogP contribution in [0.3, 0.4) is 0 Å². The van der Waals surface area contributed by atoms with Crippen molar-refractivity contribution in [3.8, 4) is 6.07 Å². The van der Waals surface area contributed by atoms with Crippen LogP contribution in [0.4, 0.5) is 5.69 Å². The molecule has 24 heavy (non-hydrogen) atoms. The van der Waals surface area contributed by atoms with Crippen molar-refractivity contribution < 1.29 is 19.2 Å². The van der Waals surface area contributed by atoms with Gasteiger partial charge in [0.2, 0.25) is 0 Å². The average Bonchev–Trinajstić information content (AvgIpc) is 2.88. The fraction of sp³-hybridized carbons (Fsp3) is 0.533. The predicted octanol–water partition coefficient (Wildman–Crippen LogP) is 1.53. The lowest BCUT2D eigenvalue weighted by Gasteiger charge is -2.28. The Morgan fingerprint density at radius 2 is 2.04 bits per heavy atom. The summed E-state index contributed by atoms with van der Waals surface area (Å²) < 4.78 is 6.29. The Kier molecular flexibility index (Phi) is 5.69. The van der Waals surface area contributed by atoms with E-state index < -0.39 is 28.4 Å². The van der Waals surface area contributed by atoms with Gasteiger partial charge in [-0.05, 0) is 19.8 Å². The third-order valence-electron chi connectivity index (χ3n) is 3.83. The van der Waals surface area contributed by atoms with Gasteiger partial charge in [0.25, 0.3) is 11.6 Å². The number of aromatic nitrogens is 1. The van der Waals surface area contributed by atoms with E-state index in [1.807, 2.05) is 6.07 Å². The number of esters is 1. The maximum Gasteiger partial charge on any atom is 0.355 e. The van der Waals surface area contributed by atoms with E-state index >= 15 is 0 Å². The molecule has 130 valence electrons. The summed E-state index contributed by atoms with van der Waals surface area (Å²) in [5.41, 5.74) is -1.40. The van der Waals surface area contributed by atoms with Gasteiger partial charge in [0.1, 0.15) is 11.2 Å². The van der Waals surface area contributed by atoms with Gasteiger partial charge in [-0.2, -0.15) is 5.26 Å². The van der Waals surface area contributed by atoms with E-state index in [4.69, 9.17) is 4.74 Å². The molecule has 1 rings (SSSR count). The average molecular weight is 336 g/mol. The van der Waals surface area contributed by atoms with Gasteiger partial charge in [-0.1, -0.05) is 13.8 Å². The minimum absolute atomic E-state index is 0.0479. The Labute approximate surface area is 139 Å². The van der Waals surface area contributed by atoms with E-state index in [2.05, 4.69) is 5.32 Å². The van der Waals surface area contributed by atoms with Crippen molar-refractivity contribution in [3.63, 3.8) is 0 Å². The van der Waals surface area contributed by atoms with Gasteiger partial charge in [0.05, 0.1) is 17.2 Å². The second-order valence-electron chi connectivity index (χ2n) is 5.96. The van der Waals surface area contributed by atoms with Crippen LogP contribution in [-0.4, -0.2) is 33.0 Å². The molecule has 9 heteroatoms. The van der Waals surface area contributed by atoms with Crippen molar-refractivity contribution in [2.45, 2.75) is 39.3 Å². The minimum Gasteiger partial charge on any atom is -0.448 e. The first-order valence-electron chi connectivity index (χ1n) is 7.26. The van der Waals surface area contributed by atoms with E-state index in [1.165, 1.54) is 24.7 Å². The molecule has 0 radical (unpaired) electrons. The molecule has 0 saturated heterocycles. The van der Waals surface area contributed by atoms with Gasteiger partial charge >= 0.3 is 5.97 Å². The highest BCUT2D eigenvalue weighted by atomic mass is 16.6. The summed E-state index contributed by atoms with van der Waals surface area (Å²) in [6.45, 7) is 6.50. The van der Waals surface area contributed by atoms with Gasteiger partial charge in [-0.25, -0.2) is 4.79 Å². The highest BCUT2D eigenvalue weighted by Gasteiger charge is 2.33. The predicted molar refractivity (Wildman–Crippen MR) is 83.9 cm³/mol. The third-order valence-corrected chi connectivity index (χ3v) is 3.83. The van der Waals surface area contributed by atoms with Crippen molar-refractivity contribution in [2.75, 3.05) is 0 Å². The standard InChI is InChI=1S/C15H20N4O5/c1-9(2)15(4,8-16)17-13(20)10(3)24-14(21)12-6-11(19(22)23)7-18(12)5/h6-7,9-10H,1-5H3,(H,17,20). The summed E-state index contributed by atoms with van der Waals surface area (Å²) in [5.74, 6) is -1.63. The molecule has 2 atom stereocenters.